The fourth-order valence-corrected chi connectivity index (χ4v) is 3.14. The number of nitrogens with two attached hydrogens (primary N) is 2. The van der Waals surface area contributed by atoms with Gasteiger partial charge in [0.15, 0.2) is 5.15 Å². The van der Waals surface area contributed by atoms with Crippen LogP contribution in [0.5, 0.6) is 0 Å². The van der Waals surface area contributed by atoms with Crippen molar-refractivity contribution in [3.8, 4) is 0 Å². The lowest BCUT2D eigenvalue weighted by atomic mass is 10.0. The normalized spacial score (nSPS) is 20.1. The Morgan fingerprint density at radius 3 is 2.38 bits per heavy atom. The number of rotatable bonds is 4. The molecule has 2 aromatic rings. The van der Waals surface area contributed by atoms with E-state index in [1.54, 1.807) is 6.07 Å². The zero-order valence-electron chi connectivity index (χ0n) is 13.3. The highest BCUT2D eigenvalue weighted by Crippen LogP contribution is 2.56. The number of carbonyl (C=O) groups excluding carboxylic acids is 1. The number of carbonyl (C=O) groups is 1. The Morgan fingerprint density at radius 1 is 1.19 bits per heavy atom. The van der Waals surface area contributed by atoms with E-state index in [1.807, 2.05) is 0 Å². The van der Waals surface area contributed by atoms with Crippen molar-refractivity contribution >= 4 is 23.1 Å². The van der Waals surface area contributed by atoms with Crippen LogP contribution in [-0.4, -0.2) is 16.1 Å². The average Bonchev–Trinajstić information content (AvgIpc) is 3.36. The molecule has 0 saturated heterocycles. The molecule has 1 aromatic heterocycles. The average molecular weight is 383 g/mol. The monoisotopic (exact) mass is 382 g/mol. The Hall–Kier alpha value is -2.61. The smallest absolute Gasteiger partial charge is 0.404 e. The maximum atomic E-state index is 12.7. The minimum atomic E-state index is -4.37. The molecule has 1 heterocycles. The second-order valence-electron chi connectivity index (χ2n) is 5.99. The van der Waals surface area contributed by atoms with Gasteiger partial charge in [-0.25, -0.2) is 0 Å². The van der Waals surface area contributed by atoms with Crippen LogP contribution in [0.1, 0.15) is 40.6 Å². The van der Waals surface area contributed by atoms with E-state index in [0.717, 1.165) is 23.9 Å². The van der Waals surface area contributed by atoms with Crippen molar-refractivity contribution in [1.29, 1.82) is 0 Å². The lowest BCUT2D eigenvalue weighted by molar-refractivity contribution is -0.137. The maximum Gasteiger partial charge on any atom is 0.416 e. The molecule has 26 heavy (non-hydrogen) atoms. The van der Waals surface area contributed by atoms with Crippen molar-refractivity contribution in [3.63, 3.8) is 0 Å². The third kappa shape index (κ3) is 3.50. The van der Waals surface area contributed by atoms with E-state index in [0.29, 0.717) is 12.0 Å². The molecule has 136 valence electrons. The Morgan fingerprint density at radius 2 is 1.85 bits per heavy atom. The lowest BCUT2D eigenvalue weighted by Gasteiger charge is -2.08. The van der Waals surface area contributed by atoms with Crippen molar-refractivity contribution in [1.82, 2.24) is 10.2 Å². The molecule has 1 aromatic carbocycles. The molecular weight excluding hydrogens is 369 g/mol. The van der Waals surface area contributed by atoms with Gasteiger partial charge in [0, 0.05) is 6.20 Å². The third-order valence-corrected chi connectivity index (χ3v) is 4.63. The number of hydrogen-bond acceptors (Lipinski definition) is 4. The van der Waals surface area contributed by atoms with Gasteiger partial charge in [-0.05, 0) is 47.6 Å². The van der Waals surface area contributed by atoms with E-state index in [-0.39, 0.29) is 28.3 Å². The summed E-state index contributed by atoms with van der Waals surface area (Å²) in [4.78, 5) is 11.4. The van der Waals surface area contributed by atoms with Crippen LogP contribution < -0.4 is 11.5 Å². The maximum absolute atomic E-state index is 12.7. The molecule has 2 atom stereocenters. The van der Waals surface area contributed by atoms with Gasteiger partial charge in [0.1, 0.15) is 5.69 Å². The highest BCUT2D eigenvalue weighted by Gasteiger charge is 2.42. The summed E-state index contributed by atoms with van der Waals surface area (Å²) in [5.41, 5.74) is 11.6. The molecule has 5 nitrogen and oxygen atoms in total. The van der Waals surface area contributed by atoms with E-state index in [1.165, 1.54) is 12.1 Å². The third-order valence-electron chi connectivity index (χ3n) is 4.34. The number of alkyl halides is 3. The van der Waals surface area contributed by atoms with Gasteiger partial charge in [-0.2, -0.15) is 13.2 Å². The van der Waals surface area contributed by atoms with Crippen molar-refractivity contribution < 1.29 is 18.0 Å². The van der Waals surface area contributed by atoms with Crippen LogP contribution in [-0.2, 0) is 11.0 Å². The molecule has 1 saturated carbocycles. The minimum Gasteiger partial charge on any atom is -0.404 e. The Bertz CT molecular complexity index is 881. The molecule has 3 rings (SSSR count). The second-order valence-corrected chi connectivity index (χ2v) is 6.35. The number of amides is 1. The van der Waals surface area contributed by atoms with E-state index < -0.39 is 17.6 Å². The van der Waals surface area contributed by atoms with E-state index in [9.17, 15) is 18.0 Å². The number of primary amides is 1. The van der Waals surface area contributed by atoms with Crippen LogP contribution in [0.25, 0.3) is 5.57 Å². The van der Waals surface area contributed by atoms with Gasteiger partial charge in [0.25, 0.3) is 5.91 Å². The van der Waals surface area contributed by atoms with E-state index in [4.69, 9.17) is 23.1 Å². The zero-order valence-corrected chi connectivity index (χ0v) is 14.1. The van der Waals surface area contributed by atoms with Crippen LogP contribution in [0.3, 0.4) is 0 Å². The number of nitrogens with zero attached hydrogens (tertiary/aromatic N) is 2. The SMILES string of the molecule is N/C=C(\C(N)=O)c1cc(C2CC2c2ccc(C(F)(F)F)cc2)c(Cl)nn1. The predicted molar refractivity (Wildman–Crippen MR) is 89.9 cm³/mol. The van der Waals surface area contributed by atoms with Gasteiger partial charge in [-0.1, -0.05) is 23.7 Å². The van der Waals surface area contributed by atoms with E-state index in [2.05, 4.69) is 10.2 Å². The molecule has 1 aliphatic rings. The molecule has 0 aliphatic heterocycles. The van der Waals surface area contributed by atoms with Gasteiger partial charge in [0.2, 0.25) is 0 Å². The quantitative estimate of drug-likeness (QED) is 0.794. The summed E-state index contributed by atoms with van der Waals surface area (Å²) in [6.07, 6.45) is -2.62. The fourth-order valence-electron chi connectivity index (χ4n) is 2.90. The summed E-state index contributed by atoms with van der Waals surface area (Å²) in [7, 11) is 0. The number of benzene rings is 1. The highest BCUT2D eigenvalue weighted by molar-refractivity contribution is 6.30. The van der Waals surface area contributed by atoms with Crippen molar-refractivity contribution in [2.75, 3.05) is 0 Å². The van der Waals surface area contributed by atoms with Gasteiger partial charge in [-0.15, -0.1) is 10.2 Å². The minimum absolute atomic E-state index is 0.0159. The van der Waals surface area contributed by atoms with Gasteiger partial charge < -0.3 is 11.5 Å². The molecular formula is C17H14ClF3N4O. The molecule has 1 amide bonds. The van der Waals surface area contributed by atoms with Crippen LogP contribution in [0, 0.1) is 0 Å². The summed E-state index contributed by atoms with van der Waals surface area (Å²) in [5, 5.41) is 7.83. The summed E-state index contributed by atoms with van der Waals surface area (Å²) in [6.45, 7) is 0. The highest BCUT2D eigenvalue weighted by atomic mass is 35.5. The second kappa shape index (κ2) is 6.60. The summed E-state index contributed by atoms with van der Waals surface area (Å²) in [5.74, 6) is -0.753. The lowest BCUT2D eigenvalue weighted by Crippen LogP contribution is -2.15. The fraction of sp³-hybridized carbons (Fsp3) is 0.235. The number of aromatic nitrogens is 2. The Kier molecular flexibility index (Phi) is 4.62. The molecule has 9 heteroatoms. The first-order valence-electron chi connectivity index (χ1n) is 7.64. The summed E-state index contributed by atoms with van der Waals surface area (Å²) in [6, 6.07) is 6.64. The molecule has 1 aliphatic carbocycles. The van der Waals surface area contributed by atoms with Crippen molar-refractivity contribution in [3.05, 3.63) is 64.1 Å². The first-order valence-corrected chi connectivity index (χ1v) is 8.02. The molecule has 2 unspecified atom stereocenters. The number of hydrogen-bond donors (Lipinski definition) is 2. The van der Waals surface area contributed by atoms with Gasteiger partial charge in [-0.3, -0.25) is 4.79 Å². The molecule has 0 radical (unpaired) electrons. The topological polar surface area (TPSA) is 94.9 Å². The van der Waals surface area contributed by atoms with Gasteiger partial charge in [0.05, 0.1) is 11.1 Å². The van der Waals surface area contributed by atoms with E-state index >= 15 is 0 Å². The summed E-state index contributed by atoms with van der Waals surface area (Å²) >= 11 is 6.11. The molecule has 0 spiro atoms. The summed E-state index contributed by atoms with van der Waals surface area (Å²) < 4.78 is 38.0. The predicted octanol–water partition coefficient (Wildman–Crippen LogP) is 3.20. The number of halogens is 4. The molecule has 4 N–H and O–H groups in total. The molecule has 1 fully saturated rings. The Labute approximate surface area is 151 Å². The van der Waals surface area contributed by atoms with Crippen molar-refractivity contribution in [2.45, 2.75) is 24.4 Å². The first-order chi connectivity index (χ1) is 12.2. The largest absolute Gasteiger partial charge is 0.416 e. The molecule has 0 bridgehead atoms. The van der Waals surface area contributed by atoms with Crippen LogP contribution in [0.4, 0.5) is 13.2 Å². The van der Waals surface area contributed by atoms with Crippen LogP contribution >= 0.6 is 11.6 Å². The van der Waals surface area contributed by atoms with Crippen LogP contribution in [0.2, 0.25) is 5.15 Å². The zero-order chi connectivity index (χ0) is 19.1. The van der Waals surface area contributed by atoms with Crippen LogP contribution in [0.15, 0.2) is 36.5 Å². The van der Waals surface area contributed by atoms with Gasteiger partial charge >= 0.3 is 6.18 Å². The van der Waals surface area contributed by atoms with Crippen molar-refractivity contribution in [2.24, 2.45) is 11.5 Å². The first kappa shape index (κ1) is 18.2. The Balaban J connectivity index is 1.85. The standard InChI is InChI=1S/C17H14ClF3N4O/c18-15-12(6-14(24-25-15)13(7-22)16(23)26)11-5-10(11)8-1-3-9(4-2-8)17(19,20)21/h1-4,6-7,10-11H,5,22H2,(H2,23,26)/b13-7-.